The molecule has 19 heavy (non-hydrogen) atoms. The Morgan fingerprint density at radius 2 is 2.16 bits per heavy atom. The Labute approximate surface area is 118 Å². The largest absolute Gasteiger partial charge is 0.465 e. The van der Waals surface area contributed by atoms with Crippen LogP contribution in [0.5, 0.6) is 0 Å². The summed E-state index contributed by atoms with van der Waals surface area (Å²) in [5.74, 6) is 0.243. The molecule has 1 unspecified atom stereocenters. The molecule has 0 spiro atoms. The van der Waals surface area contributed by atoms with Gasteiger partial charge in [0.05, 0.1) is 6.61 Å². The summed E-state index contributed by atoms with van der Waals surface area (Å²) >= 11 is 1.34. The third-order valence-corrected chi connectivity index (χ3v) is 3.44. The van der Waals surface area contributed by atoms with Gasteiger partial charge in [-0.2, -0.15) is 0 Å². The Balaban J connectivity index is 2.49. The van der Waals surface area contributed by atoms with Crippen molar-refractivity contribution in [2.24, 2.45) is 5.92 Å². The van der Waals surface area contributed by atoms with E-state index in [2.05, 4.69) is 36.3 Å². The maximum absolute atomic E-state index is 11.8. The highest BCUT2D eigenvalue weighted by Gasteiger charge is 2.19. The number of thioether (sulfide) groups is 1. The number of carbonyl (C=O) groups is 1. The summed E-state index contributed by atoms with van der Waals surface area (Å²) in [7, 11) is 0. The maximum atomic E-state index is 11.8. The first-order valence-corrected chi connectivity index (χ1v) is 7.52. The van der Waals surface area contributed by atoms with E-state index in [1.54, 1.807) is 4.68 Å². The lowest BCUT2D eigenvalue weighted by Gasteiger charge is -2.11. The standard InChI is InChI=1S/C12H22N4O2S/c1-5-6-7-18-11(17)10(4)19-12-13-14-15-16(12)8-9(2)3/h9-10H,5-8H2,1-4H3. The molecule has 0 aliphatic carbocycles. The predicted molar refractivity (Wildman–Crippen MR) is 73.8 cm³/mol. The zero-order chi connectivity index (χ0) is 14.3. The number of nitrogens with zero attached hydrogens (tertiary/aromatic N) is 4. The molecule has 0 N–H and O–H groups in total. The Morgan fingerprint density at radius 3 is 2.79 bits per heavy atom. The van der Waals surface area contributed by atoms with Gasteiger partial charge in [-0.15, -0.1) is 5.10 Å². The molecule has 1 aromatic rings. The minimum Gasteiger partial charge on any atom is -0.465 e. The molecule has 0 saturated carbocycles. The molecule has 0 aliphatic rings. The molecule has 1 atom stereocenters. The number of hydrogen-bond donors (Lipinski definition) is 0. The van der Waals surface area contributed by atoms with Crippen molar-refractivity contribution in [3.63, 3.8) is 0 Å². The van der Waals surface area contributed by atoms with E-state index in [9.17, 15) is 4.79 Å². The molecule has 1 rings (SSSR count). The molecule has 1 aromatic heterocycles. The SMILES string of the molecule is CCCCOC(=O)C(C)Sc1nnnn1CC(C)C. The van der Waals surface area contributed by atoms with E-state index in [4.69, 9.17) is 4.74 Å². The number of esters is 1. The first-order chi connectivity index (χ1) is 9.04. The van der Waals surface area contributed by atoms with Gasteiger partial charge < -0.3 is 4.74 Å². The fourth-order valence-corrected chi connectivity index (χ4v) is 2.18. The van der Waals surface area contributed by atoms with E-state index in [1.807, 2.05) is 6.92 Å². The van der Waals surface area contributed by atoms with Crippen LogP contribution < -0.4 is 0 Å². The van der Waals surface area contributed by atoms with Crippen LogP contribution in [0.15, 0.2) is 5.16 Å². The van der Waals surface area contributed by atoms with E-state index >= 15 is 0 Å². The Kier molecular flexibility index (Phi) is 6.83. The average Bonchev–Trinajstić information content (AvgIpc) is 2.76. The second-order valence-electron chi connectivity index (χ2n) is 4.82. The monoisotopic (exact) mass is 286 g/mol. The smallest absolute Gasteiger partial charge is 0.319 e. The highest BCUT2D eigenvalue weighted by molar-refractivity contribution is 8.00. The van der Waals surface area contributed by atoms with Crippen LogP contribution in [0, 0.1) is 5.92 Å². The van der Waals surface area contributed by atoms with Crippen molar-refractivity contribution in [3.8, 4) is 0 Å². The van der Waals surface area contributed by atoms with E-state index in [-0.39, 0.29) is 11.2 Å². The van der Waals surface area contributed by atoms with Gasteiger partial charge in [0.15, 0.2) is 0 Å². The fraction of sp³-hybridized carbons (Fsp3) is 0.833. The summed E-state index contributed by atoms with van der Waals surface area (Å²) in [5.41, 5.74) is 0. The van der Waals surface area contributed by atoms with Crippen LogP contribution in [0.4, 0.5) is 0 Å². The van der Waals surface area contributed by atoms with Gasteiger partial charge in [0.2, 0.25) is 5.16 Å². The summed E-state index contributed by atoms with van der Waals surface area (Å²) in [5, 5.41) is 11.9. The zero-order valence-electron chi connectivity index (χ0n) is 12.0. The minimum atomic E-state index is -0.297. The van der Waals surface area contributed by atoms with Crippen LogP contribution in [-0.2, 0) is 16.1 Å². The molecule has 7 heteroatoms. The van der Waals surface area contributed by atoms with Crippen LogP contribution in [0.25, 0.3) is 0 Å². The lowest BCUT2D eigenvalue weighted by molar-refractivity contribution is -0.142. The predicted octanol–water partition coefficient (Wildman–Crippen LogP) is 2.15. The van der Waals surface area contributed by atoms with Crippen LogP contribution >= 0.6 is 11.8 Å². The third-order valence-electron chi connectivity index (χ3n) is 2.39. The Hall–Kier alpha value is -1.11. The van der Waals surface area contributed by atoms with Gasteiger partial charge in [0.1, 0.15) is 5.25 Å². The van der Waals surface area contributed by atoms with E-state index in [1.165, 1.54) is 11.8 Å². The van der Waals surface area contributed by atoms with Crippen molar-refractivity contribution < 1.29 is 9.53 Å². The summed E-state index contributed by atoms with van der Waals surface area (Å²) < 4.78 is 6.90. The normalized spacial score (nSPS) is 12.7. The first-order valence-electron chi connectivity index (χ1n) is 6.64. The van der Waals surface area contributed by atoms with E-state index < -0.39 is 0 Å². The summed E-state index contributed by atoms with van der Waals surface area (Å²) in [6, 6.07) is 0. The maximum Gasteiger partial charge on any atom is 0.319 e. The van der Waals surface area contributed by atoms with Gasteiger partial charge >= 0.3 is 5.97 Å². The molecule has 6 nitrogen and oxygen atoms in total. The molecule has 0 saturated heterocycles. The van der Waals surface area contributed by atoms with Gasteiger partial charge in [0, 0.05) is 6.54 Å². The molecule has 0 fully saturated rings. The number of ether oxygens (including phenoxy) is 1. The van der Waals surface area contributed by atoms with Gasteiger partial charge in [-0.05, 0) is 29.7 Å². The lowest BCUT2D eigenvalue weighted by Crippen LogP contribution is -2.18. The molecule has 0 amide bonds. The second-order valence-corrected chi connectivity index (χ2v) is 6.13. The number of hydrogen-bond acceptors (Lipinski definition) is 6. The first kappa shape index (κ1) is 15.9. The minimum absolute atomic E-state index is 0.211. The van der Waals surface area contributed by atoms with Gasteiger partial charge in [-0.25, -0.2) is 4.68 Å². The Morgan fingerprint density at radius 1 is 1.42 bits per heavy atom. The number of rotatable bonds is 8. The molecular weight excluding hydrogens is 264 g/mol. The van der Waals surface area contributed by atoms with Crippen molar-refractivity contribution in [2.45, 2.75) is 57.5 Å². The summed E-state index contributed by atoms with van der Waals surface area (Å²) in [6.07, 6.45) is 1.91. The van der Waals surface area contributed by atoms with Gasteiger partial charge in [0.25, 0.3) is 0 Å². The number of aromatic nitrogens is 4. The summed E-state index contributed by atoms with van der Waals surface area (Å²) in [6.45, 7) is 9.29. The molecule has 0 aliphatic heterocycles. The number of tetrazole rings is 1. The van der Waals surface area contributed by atoms with Crippen LogP contribution in [0.3, 0.4) is 0 Å². The Bertz CT molecular complexity index is 395. The average molecular weight is 286 g/mol. The number of unbranched alkanes of at least 4 members (excludes halogenated alkanes) is 1. The molecule has 0 bridgehead atoms. The van der Waals surface area contributed by atoms with Crippen molar-refractivity contribution in [3.05, 3.63) is 0 Å². The molecular formula is C12H22N4O2S. The summed E-state index contributed by atoms with van der Waals surface area (Å²) in [4.78, 5) is 11.8. The number of carbonyl (C=O) groups excluding carboxylic acids is 1. The molecule has 0 radical (unpaired) electrons. The van der Waals surface area contributed by atoms with Crippen LogP contribution in [0.2, 0.25) is 0 Å². The van der Waals surface area contributed by atoms with Crippen LogP contribution in [-0.4, -0.2) is 38.0 Å². The highest BCUT2D eigenvalue weighted by atomic mass is 32.2. The van der Waals surface area contributed by atoms with Gasteiger partial charge in [-0.3, -0.25) is 4.79 Å². The second kappa shape index (κ2) is 8.14. The molecule has 1 heterocycles. The third kappa shape index (κ3) is 5.59. The van der Waals surface area contributed by atoms with E-state index in [0.717, 1.165) is 19.4 Å². The van der Waals surface area contributed by atoms with Crippen molar-refractivity contribution >= 4 is 17.7 Å². The van der Waals surface area contributed by atoms with Crippen molar-refractivity contribution in [1.29, 1.82) is 0 Å². The fourth-order valence-electron chi connectivity index (χ4n) is 1.38. The van der Waals surface area contributed by atoms with Crippen molar-refractivity contribution in [1.82, 2.24) is 20.2 Å². The molecule has 0 aromatic carbocycles. The quantitative estimate of drug-likeness (QED) is 0.414. The molecule has 108 valence electrons. The van der Waals surface area contributed by atoms with E-state index in [0.29, 0.717) is 17.7 Å². The van der Waals surface area contributed by atoms with Crippen LogP contribution in [0.1, 0.15) is 40.5 Å². The lowest BCUT2D eigenvalue weighted by atomic mass is 10.2. The van der Waals surface area contributed by atoms with Crippen molar-refractivity contribution in [2.75, 3.05) is 6.61 Å². The zero-order valence-corrected chi connectivity index (χ0v) is 12.8. The highest BCUT2D eigenvalue weighted by Crippen LogP contribution is 2.21. The van der Waals surface area contributed by atoms with Gasteiger partial charge in [-0.1, -0.05) is 39.0 Å². The topological polar surface area (TPSA) is 69.9 Å².